The van der Waals surface area contributed by atoms with Crippen molar-refractivity contribution < 1.29 is 92.3 Å². The van der Waals surface area contributed by atoms with Crippen molar-refractivity contribution in [3.8, 4) is 0 Å². The molecular formula is C60H95N3O19. The van der Waals surface area contributed by atoms with Crippen LogP contribution in [0.4, 0.5) is 0 Å². The number of rotatable bonds is 16. The highest BCUT2D eigenvalue weighted by molar-refractivity contribution is 5.96. The summed E-state index contributed by atoms with van der Waals surface area (Å²) < 4.78 is 40.1. The number of esters is 3. The van der Waals surface area contributed by atoms with E-state index in [0.29, 0.717) is 38.5 Å². The maximum atomic E-state index is 15.4. The van der Waals surface area contributed by atoms with E-state index in [0.717, 1.165) is 39.1 Å². The summed E-state index contributed by atoms with van der Waals surface area (Å²) in [6.07, 6.45) is -12.8. The molecule has 0 spiro atoms. The molecule has 0 aromatic carbocycles. The van der Waals surface area contributed by atoms with Crippen LogP contribution in [0, 0.1) is 68.0 Å². The molecule has 2 saturated heterocycles. The number of nitrogens with one attached hydrogen (secondary N) is 3. The quantitative estimate of drug-likeness (QED) is 0.0626. The molecule has 3 amide bonds. The number of carbonyl (C=O) groups is 7. The number of ketones is 1. The Morgan fingerprint density at radius 2 is 1.07 bits per heavy atom. The fourth-order valence-electron chi connectivity index (χ4n) is 16.1. The van der Waals surface area contributed by atoms with E-state index in [1.54, 1.807) is 27.7 Å². The molecule has 82 heavy (non-hydrogen) atoms. The number of fused-ring (bicyclic) bond motifs is 7. The van der Waals surface area contributed by atoms with Crippen molar-refractivity contribution in [2.75, 3.05) is 21.3 Å². The van der Waals surface area contributed by atoms with Crippen molar-refractivity contribution in [2.45, 2.75) is 233 Å². The van der Waals surface area contributed by atoms with Crippen LogP contribution in [0.2, 0.25) is 0 Å². The van der Waals surface area contributed by atoms with Crippen LogP contribution in [0.5, 0.6) is 0 Å². The molecule has 464 valence electrons. The number of aliphatic hydroxyl groups is 5. The number of amides is 3. The highest BCUT2D eigenvalue weighted by atomic mass is 16.8. The lowest BCUT2D eigenvalue weighted by atomic mass is 9.33. The van der Waals surface area contributed by atoms with E-state index >= 15 is 4.79 Å². The van der Waals surface area contributed by atoms with Crippen molar-refractivity contribution in [1.29, 1.82) is 0 Å². The second-order valence-electron chi connectivity index (χ2n) is 27.9. The Morgan fingerprint density at radius 1 is 0.585 bits per heavy atom. The second kappa shape index (κ2) is 24.0. The van der Waals surface area contributed by atoms with Crippen molar-refractivity contribution in [2.24, 2.45) is 68.0 Å². The summed E-state index contributed by atoms with van der Waals surface area (Å²) in [5.74, 6) is -6.13. The SMILES string of the molecule is COC(=O)C(NC(=O)C1OC(OC2C(OC3CCC4(C)C(CCC5(C)C4C(=O)C=C4C6CC(C)(C(=O)NC(C(=O)OC)C(C)C)CCC6(C)CCC45C)C3(C)C)OC(C(=O)NC(C(=O)OC)C(C)C)C(O)C2O)C(O)C(O)C1O)C(C)C. The predicted octanol–water partition coefficient (Wildman–Crippen LogP) is 2.93. The maximum absolute atomic E-state index is 15.4. The van der Waals surface area contributed by atoms with Gasteiger partial charge in [0.05, 0.1) is 27.4 Å². The minimum Gasteiger partial charge on any atom is -0.467 e. The average Bonchev–Trinajstić information content (AvgIpc) is 2.00. The van der Waals surface area contributed by atoms with Crippen LogP contribution in [-0.2, 0) is 66.7 Å². The van der Waals surface area contributed by atoms with Gasteiger partial charge in [-0.2, -0.15) is 0 Å². The fraction of sp³-hybridized carbons (Fsp3) is 0.850. The number of hydrogen-bond donors (Lipinski definition) is 8. The number of carbonyl (C=O) groups excluding carboxylic acids is 7. The summed E-state index contributed by atoms with van der Waals surface area (Å²) in [6.45, 7) is 25.4. The van der Waals surface area contributed by atoms with Gasteiger partial charge in [0.2, 0.25) is 5.91 Å². The molecule has 6 fully saturated rings. The van der Waals surface area contributed by atoms with Gasteiger partial charge in [0, 0.05) is 11.3 Å². The Morgan fingerprint density at radius 3 is 1.59 bits per heavy atom. The van der Waals surface area contributed by atoms with E-state index in [2.05, 4.69) is 43.6 Å². The first-order valence-corrected chi connectivity index (χ1v) is 29.5. The van der Waals surface area contributed by atoms with Crippen LogP contribution in [0.25, 0.3) is 0 Å². The minimum atomic E-state index is -2.09. The van der Waals surface area contributed by atoms with Crippen molar-refractivity contribution in [3.05, 3.63) is 11.6 Å². The molecule has 0 aromatic heterocycles. The third kappa shape index (κ3) is 11.3. The van der Waals surface area contributed by atoms with Gasteiger partial charge in [-0.3, -0.25) is 19.2 Å². The largest absolute Gasteiger partial charge is 0.467 e. The molecule has 0 aromatic rings. The summed E-state index contributed by atoms with van der Waals surface area (Å²) in [5, 5.41) is 65.3. The van der Waals surface area contributed by atoms with E-state index in [9.17, 15) is 54.3 Å². The lowest BCUT2D eigenvalue weighted by molar-refractivity contribution is -0.369. The van der Waals surface area contributed by atoms with Gasteiger partial charge in [0.1, 0.15) is 54.7 Å². The van der Waals surface area contributed by atoms with Crippen LogP contribution >= 0.6 is 0 Å². The summed E-state index contributed by atoms with van der Waals surface area (Å²) in [5.41, 5.74) is -2.14. The normalized spacial score (nSPS) is 41.7. The molecule has 22 atom stereocenters. The Bertz CT molecular complexity index is 2470. The highest BCUT2D eigenvalue weighted by Gasteiger charge is 2.71. The zero-order chi connectivity index (χ0) is 61.3. The number of ether oxygens (including phenoxy) is 7. The first kappa shape index (κ1) is 65.4. The number of hydrogen-bond acceptors (Lipinski definition) is 19. The fourth-order valence-corrected chi connectivity index (χ4v) is 16.1. The molecule has 7 rings (SSSR count). The third-order valence-corrected chi connectivity index (χ3v) is 21.5. The second-order valence-corrected chi connectivity index (χ2v) is 27.9. The number of allylic oxidation sites excluding steroid dienone is 2. The van der Waals surface area contributed by atoms with Crippen LogP contribution in [0.1, 0.15) is 148 Å². The molecule has 22 heteroatoms. The summed E-state index contributed by atoms with van der Waals surface area (Å²) >= 11 is 0. The zero-order valence-electron chi connectivity index (χ0n) is 50.9. The van der Waals surface area contributed by atoms with Gasteiger partial charge in [-0.05, 0) is 121 Å². The lowest BCUT2D eigenvalue weighted by Gasteiger charge is -2.70. The smallest absolute Gasteiger partial charge is 0.328 e. The van der Waals surface area contributed by atoms with E-state index in [-0.39, 0.29) is 34.9 Å². The molecule has 22 nitrogen and oxygen atoms in total. The van der Waals surface area contributed by atoms with E-state index < -0.39 is 160 Å². The molecule has 2 aliphatic heterocycles. The minimum absolute atomic E-state index is 0.0425. The van der Waals surface area contributed by atoms with Crippen LogP contribution in [0.15, 0.2) is 11.6 Å². The van der Waals surface area contributed by atoms with Crippen molar-refractivity contribution in [3.63, 3.8) is 0 Å². The van der Waals surface area contributed by atoms with Crippen LogP contribution in [-0.4, -0.2) is 174 Å². The number of aliphatic hydroxyl groups excluding tert-OH is 5. The molecule has 22 unspecified atom stereocenters. The molecule has 5 aliphatic carbocycles. The Balaban J connectivity index is 1.19. The molecular weight excluding hydrogens is 1070 g/mol. The average molecular weight is 1160 g/mol. The third-order valence-electron chi connectivity index (χ3n) is 21.5. The van der Waals surface area contributed by atoms with Crippen molar-refractivity contribution in [1.82, 2.24) is 16.0 Å². The molecule has 8 N–H and O–H groups in total. The lowest BCUT2D eigenvalue weighted by Crippen LogP contribution is -2.69. The van der Waals surface area contributed by atoms with Crippen molar-refractivity contribution >= 4 is 41.4 Å². The van der Waals surface area contributed by atoms with Gasteiger partial charge in [-0.1, -0.05) is 95.6 Å². The topological polar surface area (TPSA) is 321 Å². The molecule has 0 bridgehead atoms. The van der Waals surface area contributed by atoms with Gasteiger partial charge in [0.15, 0.2) is 30.6 Å². The Kier molecular flexibility index (Phi) is 19.1. The Labute approximate surface area is 482 Å². The molecule has 2 heterocycles. The summed E-state index contributed by atoms with van der Waals surface area (Å²) in [7, 11) is 3.60. The Hall–Kier alpha value is -4.13. The van der Waals surface area contributed by atoms with Gasteiger partial charge in [-0.25, -0.2) is 14.4 Å². The first-order chi connectivity index (χ1) is 38.0. The van der Waals surface area contributed by atoms with Gasteiger partial charge in [-0.15, -0.1) is 0 Å². The van der Waals surface area contributed by atoms with Gasteiger partial charge < -0.3 is 74.6 Å². The van der Waals surface area contributed by atoms with E-state index in [1.165, 1.54) is 7.11 Å². The predicted molar refractivity (Wildman–Crippen MR) is 293 cm³/mol. The monoisotopic (exact) mass is 1160 g/mol. The molecule has 4 saturated carbocycles. The number of methoxy groups -OCH3 is 3. The highest BCUT2D eigenvalue weighted by Crippen LogP contribution is 2.75. The standard InChI is InChI=1S/C60H95N3O19/c1-27(2)35(49(72)76-14)61-47(70)43-39(66)38(65)42(69)52(80-43)82-45-41(68)40(67)44(48(71)62-36(28(3)4)50(73)77-15)81-53(45)79-34-18-19-58(11)33(55(34,7)8)17-20-60(13)46(58)32(64)25-30-31-26-57(10,22-21-56(31,9)23-24-59(30,60)12)54(75)63-37(29(5)6)51(74)78-16/h25,27-29,31,33-46,52-53,65-69H,17-24,26H2,1-16H3,(H,61,70)(H,62,71)(H,63,75). The molecule has 7 aliphatic rings. The first-order valence-electron chi connectivity index (χ1n) is 29.5. The van der Waals surface area contributed by atoms with Gasteiger partial charge in [0.25, 0.3) is 11.8 Å². The van der Waals surface area contributed by atoms with E-state index in [1.807, 2.05) is 40.7 Å². The summed E-state index contributed by atoms with van der Waals surface area (Å²) in [6, 6.07) is -3.20. The van der Waals surface area contributed by atoms with E-state index in [4.69, 9.17) is 33.2 Å². The maximum Gasteiger partial charge on any atom is 0.328 e. The van der Waals surface area contributed by atoms with Crippen LogP contribution in [0.3, 0.4) is 0 Å². The summed E-state index contributed by atoms with van der Waals surface area (Å²) in [4.78, 5) is 95.8. The van der Waals surface area contributed by atoms with Gasteiger partial charge >= 0.3 is 17.9 Å². The van der Waals surface area contributed by atoms with Crippen LogP contribution < -0.4 is 16.0 Å². The molecule has 0 radical (unpaired) electrons. The zero-order valence-corrected chi connectivity index (χ0v) is 50.9.